The van der Waals surface area contributed by atoms with E-state index in [1.54, 1.807) is 12.4 Å². The number of rotatable bonds is 6. The Morgan fingerprint density at radius 3 is 2.91 bits per heavy atom. The van der Waals surface area contributed by atoms with Gasteiger partial charge in [-0.2, -0.15) is 0 Å². The second kappa shape index (κ2) is 8.12. The van der Waals surface area contributed by atoms with Crippen molar-refractivity contribution in [3.63, 3.8) is 0 Å². The first kappa shape index (κ1) is 19.6. The summed E-state index contributed by atoms with van der Waals surface area (Å²) in [7, 11) is 0. The number of carbonyl (C=O) groups excluding carboxylic acids is 1. The van der Waals surface area contributed by atoms with Crippen molar-refractivity contribution in [3.05, 3.63) is 78.4 Å². The Labute approximate surface area is 191 Å². The summed E-state index contributed by atoms with van der Waals surface area (Å²) in [5.41, 5.74) is 5.16. The molecule has 0 spiro atoms. The lowest BCUT2D eigenvalue weighted by atomic mass is 10.1. The Morgan fingerprint density at radius 2 is 2.00 bits per heavy atom. The maximum absolute atomic E-state index is 12.8. The van der Waals surface area contributed by atoms with E-state index in [0.29, 0.717) is 31.1 Å². The minimum Gasteiger partial charge on any atom is -0.485 e. The predicted octanol–water partition coefficient (Wildman–Crippen LogP) is 3.76. The number of para-hydroxylation sites is 1. The van der Waals surface area contributed by atoms with Crippen LogP contribution in [-0.4, -0.2) is 31.6 Å². The summed E-state index contributed by atoms with van der Waals surface area (Å²) in [4.78, 5) is 21.6. The summed E-state index contributed by atoms with van der Waals surface area (Å²) in [6.07, 6.45) is 9.56. The van der Waals surface area contributed by atoms with Gasteiger partial charge in [0.25, 0.3) is 5.91 Å². The van der Waals surface area contributed by atoms with E-state index in [0.717, 1.165) is 53.4 Å². The van der Waals surface area contributed by atoms with Crippen LogP contribution in [0.25, 0.3) is 11.1 Å². The second-order valence-corrected chi connectivity index (χ2v) is 8.29. The molecular weight excluding hydrogens is 416 g/mol. The number of aromatic nitrogens is 4. The lowest BCUT2D eigenvalue weighted by molar-refractivity contribution is 0.0929. The van der Waals surface area contributed by atoms with E-state index in [-0.39, 0.29) is 5.91 Å². The maximum atomic E-state index is 12.8. The highest BCUT2D eigenvalue weighted by Crippen LogP contribution is 2.40. The van der Waals surface area contributed by atoms with Crippen LogP contribution in [0.3, 0.4) is 0 Å². The normalized spacial score (nSPS) is 14.5. The molecule has 5 heterocycles. The average Bonchev–Trinajstić information content (AvgIpc) is 3.55. The molecule has 8 heteroatoms. The van der Waals surface area contributed by atoms with Crippen LogP contribution >= 0.6 is 0 Å². The molecule has 0 unspecified atom stereocenters. The molecule has 0 fully saturated rings. The first-order chi connectivity index (χ1) is 16.3. The van der Waals surface area contributed by atoms with Crippen molar-refractivity contribution in [3.8, 4) is 16.9 Å². The fraction of sp³-hybridized carbons (Fsp3) is 0.240. The number of nitrogens with one attached hydrogen (secondary N) is 2. The lowest BCUT2D eigenvalue weighted by Gasteiger charge is -2.18. The molecule has 2 N–H and O–H groups in total. The van der Waals surface area contributed by atoms with Gasteiger partial charge in [-0.3, -0.25) is 9.78 Å². The van der Waals surface area contributed by atoms with Gasteiger partial charge < -0.3 is 24.5 Å². The van der Waals surface area contributed by atoms with E-state index < -0.39 is 0 Å². The summed E-state index contributed by atoms with van der Waals surface area (Å²) in [6, 6.07) is 11.8. The molecule has 2 aliphatic heterocycles. The molecule has 166 valence electrons. The Hall–Kier alpha value is -4.07. The number of nitrogens with zero attached hydrogens (tertiary/aromatic N) is 4. The molecule has 1 amide bonds. The van der Waals surface area contributed by atoms with Gasteiger partial charge in [0.05, 0.1) is 23.8 Å². The van der Waals surface area contributed by atoms with Crippen LogP contribution in [0.5, 0.6) is 5.75 Å². The molecule has 0 radical (unpaired) electrons. The number of fused-ring (bicyclic) bond motifs is 2. The number of aryl methyl sites for hydroxylation is 1. The molecule has 1 aromatic carbocycles. The van der Waals surface area contributed by atoms with E-state index in [1.165, 1.54) is 0 Å². The molecule has 0 bridgehead atoms. The number of ether oxygens (including phenoxy) is 1. The third kappa shape index (κ3) is 3.53. The molecule has 2 aliphatic rings. The van der Waals surface area contributed by atoms with Gasteiger partial charge in [-0.15, -0.1) is 0 Å². The van der Waals surface area contributed by atoms with Gasteiger partial charge in [0.15, 0.2) is 0 Å². The zero-order chi connectivity index (χ0) is 22.2. The van der Waals surface area contributed by atoms with Crippen LogP contribution < -0.4 is 15.4 Å². The lowest BCUT2D eigenvalue weighted by Crippen LogP contribution is -2.35. The second-order valence-electron chi connectivity index (χ2n) is 8.29. The van der Waals surface area contributed by atoms with Crippen molar-refractivity contribution in [1.29, 1.82) is 0 Å². The number of anilines is 2. The van der Waals surface area contributed by atoms with Gasteiger partial charge in [0.1, 0.15) is 23.9 Å². The fourth-order valence-corrected chi connectivity index (χ4v) is 4.65. The Kier molecular flexibility index (Phi) is 4.83. The summed E-state index contributed by atoms with van der Waals surface area (Å²) < 4.78 is 10.5. The highest BCUT2D eigenvalue weighted by Gasteiger charge is 2.27. The third-order valence-corrected chi connectivity index (χ3v) is 6.23. The van der Waals surface area contributed by atoms with E-state index >= 15 is 0 Å². The first-order valence-corrected chi connectivity index (χ1v) is 11.2. The number of carbonyl (C=O) groups is 1. The molecule has 0 aliphatic carbocycles. The van der Waals surface area contributed by atoms with Crippen molar-refractivity contribution < 1.29 is 9.53 Å². The van der Waals surface area contributed by atoms with Gasteiger partial charge in [-0.05, 0) is 24.6 Å². The number of benzene rings is 1. The number of hydrogen-bond acceptors (Lipinski definition) is 5. The van der Waals surface area contributed by atoms with Gasteiger partial charge in [0, 0.05) is 55.3 Å². The Bertz CT molecular complexity index is 1320. The van der Waals surface area contributed by atoms with Crippen molar-refractivity contribution in [2.24, 2.45) is 0 Å². The predicted molar refractivity (Wildman–Crippen MR) is 125 cm³/mol. The topological polar surface area (TPSA) is 86.0 Å². The molecule has 0 saturated heterocycles. The molecule has 3 aromatic heterocycles. The smallest absolute Gasteiger partial charge is 0.270 e. The molecule has 4 aromatic rings. The Balaban J connectivity index is 1.39. The summed E-state index contributed by atoms with van der Waals surface area (Å²) in [6.45, 7) is 2.73. The molecule has 0 saturated carbocycles. The maximum Gasteiger partial charge on any atom is 0.270 e. The molecule has 33 heavy (non-hydrogen) atoms. The SMILES string of the molecule is O=C1NCCn2cc(-c3ccncc3OCc3cnc4n3CCC4)c(Nc3ccccc3)c21. The van der Waals surface area contributed by atoms with Gasteiger partial charge in [-0.1, -0.05) is 18.2 Å². The average molecular weight is 441 g/mol. The summed E-state index contributed by atoms with van der Waals surface area (Å²) in [5.74, 6) is 1.71. The summed E-state index contributed by atoms with van der Waals surface area (Å²) in [5, 5.41) is 6.43. The third-order valence-electron chi connectivity index (χ3n) is 6.23. The van der Waals surface area contributed by atoms with Gasteiger partial charge in [0.2, 0.25) is 0 Å². The summed E-state index contributed by atoms with van der Waals surface area (Å²) >= 11 is 0. The van der Waals surface area contributed by atoms with Crippen molar-refractivity contribution in [1.82, 2.24) is 24.4 Å². The van der Waals surface area contributed by atoms with Crippen molar-refractivity contribution in [2.45, 2.75) is 32.5 Å². The van der Waals surface area contributed by atoms with E-state index in [2.05, 4.69) is 25.2 Å². The molecular formula is C25H24N6O2. The van der Waals surface area contributed by atoms with Crippen molar-refractivity contribution in [2.75, 3.05) is 11.9 Å². The zero-order valence-corrected chi connectivity index (χ0v) is 18.1. The van der Waals surface area contributed by atoms with Crippen LogP contribution in [-0.2, 0) is 26.1 Å². The number of imidazole rings is 1. The standard InChI is InChI=1S/C25H24N6O2/c32-25-24-23(29-17-5-2-1-3-6-17)20(15-30(24)12-10-27-25)19-8-9-26-14-21(19)33-16-18-13-28-22-7-4-11-31(18)22/h1-3,5-6,8-9,13-15,29H,4,7,10-12,16H2,(H,27,32). The largest absolute Gasteiger partial charge is 0.485 e. The van der Waals surface area contributed by atoms with E-state index in [4.69, 9.17) is 4.74 Å². The van der Waals surface area contributed by atoms with Crippen LogP contribution in [0.2, 0.25) is 0 Å². The molecule has 8 nitrogen and oxygen atoms in total. The highest BCUT2D eigenvalue weighted by atomic mass is 16.5. The minimum absolute atomic E-state index is 0.0859. The van der Waals surface area contributed by atoms with Gasteiger partial charge >= 0.3 is 0 Å². The van der Waals surface area contributed by atoms with E-state index in [1.807, 2.05) is 53.4 Å². The monoisotopic (exact) mass is 440 g/mol. The quantitative estimate of drug-likeness (QED) is 0.477. The highest BCUT2D eigenvalue weighted by molar-refractivity contribution is 6.04. The van der Waals surface area contributed by atoms with Crippen molar-refractivity contribution >= 4 is 17.3 Å². The molecule has 0 atom stereocenters. The minimum atomic E-state index is -0.0859. The van der Waals surface area contributed by atoms with E-state index in [9.17, 15) is 4.79 Å². The number of amides is 1. The van der Waals surface area contributed by atoms with Crippen LogP contribution in [0.1, 0.15) is 28.4 Å². The number of pyridine rings is 1. The Morgan fingerprint density at radius 1 is 1.09 bits per heavy atom. The van der Waals surface area contributed by atoms with Crippen LogP contribution in [0.4, 0.5) is 11.4 Å². The zero-order valence-electron chi connectivity index (χ0n) is 18.1. The number of hydrogen-bond donors (Lipinski definition) is 2. The van der Waals surface area contributed by atoms with Crippen LogP contribution in [0.15, 0.2) is 61.2 Å². The van der Waals surface area contributed by atoms with Crippen LogP contribution in [0, 0.1) is 0 Å². The molecule has 6 rings (SSSR count). The van der Waals surface area contributed by atoms with Gasteiger partial charge in [-0.25, -0.2) is 4.98 Å². The first-order valence-electron chi connectivity index (χ1n) is 11.2. The fourth-order valence-electron chi connectivity index (χ4n) is 4.65.